The van der Waals surface area contributed by atoms with Gasteiger partial charge in [-0.3, -0.25) is 4.79 Å². The molecule has 1 atom stereocenters. The van der Waals surface area contributed by atoms with E-state index < -0.39 is 5.97 Å². The van der Waals surface area contributed by atoms with E-state index >= 15 is 0 Å². The van der Waals surface area contributed by atoms with E-state index in [1.165, 1.54) is 19.2 Å². The quantitative estimate of drug-likeness (QED) is 0.609. The van der Waals surface area contributed by atoms with Crippen molar-refractivity contribution in [2.45, 2.75) is 13.3 Å². The lowest BCUT2D eigenvalue weighted by Gasteiger charge is -2.10. The molecule has 0 radical (unpaired) electrons. The summed E-state index contributed by atoms with van der Waals surface area (Å²) in [7, 11) is 1.32. The molecule has 17 heavy (non-hydrogen) atoms. The van der Waals surface area contributed by atoms with Crippen LogP contribution in [-0.2, 0) is 16.0 Å². The smallest absolute Gasteiger partial charge is 0.337 e. The molecular formula is C12H15NO4. The minimum absolute atomic E-state index is 0.0552. The maximum Gasteiger partial charge on any atom is 0.337 e. The number of hydrogen-bond donors (Lipinski definition) is 2. The number of rotatable bonds is 4. The lowest BCUT2D eigenvalue weighted by Crippen LogP contribution is -2.15. The van der Waals surface area contributed by atoms with Crippen LogP contribution < -0.4 is 5.73 Å². The maximum absolute atomic E-state index is 11.2. The first-order valence-corrected chi connectivity index (χ1v) is 5.15. The molecular weight excluding hydrogens is 222 g/mol. The molecule has 0 amide bonds. The Bertz CT molecular complexity index is 442. The molecule has 0 spiro atoms. The van der Waals surface area contributed by atoms with Gasteiger partial charge in [-0.2, -0.15) is 0 Å². The number of carboxylic acids is 1. The van der Waals surface area contributed by atoms with Crippen LogP contribution in [0.1, 0.15) is 22.8 Å². The van der Waals surface area contributed by atoms with E-state index in [1.54, 1.807) is 13.0 Å². The Morgan fingerprint density at radius 2 is 2.12 bits per heavy atom. The van der Waals surface area contributed by atoms with Crippen molar-refractivity contribution in [3.8, 4) is 0 Å². The van der Waals surface area contributed by atoms with E-state index in [0.29, 0.717) is 6.42 Å². The Balaban J connectivity index is 2.90. The Kier molecular flexibility index (Phi) is 4.09. The fourth-order valence-corrected chi connectivity index (χ4v) is 1.55. The third kappa shape index (κ3) is 3.21. The van der Waals surface area contributed by atoms with Crippen LogP contribution in [0.5, 0.6) is 0 Å². The molecule has 0 bridgehead atoms. The number of ether oxygens (including phenoxy) is 1. The number of esters is 1. The molecule has 0 saturated heterocycles. The number of nitrogens with two attached hydrogens (primary N) is 1. The molecule has 1 aromatic carbocycles. The number of methoxy groups -OCH3 is 1. The van der Waals surface area contributed by atoms with Crippen LogP contribution >= 0.6 is 0 Å². The molecule has 0 aliphatic carbocycles. The van der Waals surface area contributed by atoms with Gasteiger partial charge in [0.15, 0.2) is 0 Å². The zero-order valence-corrected chi connectivity index (χ0v) is 9.77. The summed E-state index contributed by atoms with van der Waals surface area (Å²) < 4.78 is 4.61. The van der Waals surface area contributed by atoms with Crippen LogP contribution in [-0.4, -0.2) is 24.2 Å². The number of hydrogen-bond acceptors (Lipinski definition) is 4. The van der Waals surface area contributed by atoms with E-state index in [1.807, 2.05) is 0 Å². The lowest BCUT2D eigenvalue weighted by molar-refractivity contribution is -0.144. The molecule has 1 rings (SSSR count). The van der Waals surface area contributed by atoms with E-state index in [9.17, 15) is 9.59 Å². The highest BCUT2D eigenvalue weighted by atomic mass is 16.5. The molecule has 0 fully saturated rings. The molecule has 5 nitrogen and oxygen atoms in total. The first kappa shape index (κ1) is 13.0. The van der Waals surface area contributed by atoms with Gasteiger partial charge in [-0.15, -0.1) is 0 Å². The second-order valence-corrected chi connectivity index (χ2v) is 3.86. The van der Waals surface area contributed by atoms with E-state index in [-0.39, 0.29) is 23.1 Å². The van der Waals surface area contributed by atoms with Gasteiger partial charge in [0.2, 0.25) is 0 Å². The molecule has 1 aromatic rings. The fraction of sp³-hybridized carbons (Fsp3) is 0.333. The third-order valence-electron chi connectivity index (χ3n) is 2.49. The van der Waals surface area contributed by atoms with Crippen molar-refractivity contribution in [2.24, 2.45) is 5.92 Å². The van der Waals surface area contributed by atoms with Gasteiger partial charge in [-0.1, -0.05) is 13.0 Å². The summed E-state index contributed by atoms with van der Waals surface area (Å²) in [5.74, 6) is -1.71. The number of carboxylic acid groups (broad SMARTS) is 1. The van der Waals surface area contributed by atoms with Gasteiger partial charge < -0.3 is 15.6 Å². The largest absolute Gasteiger partial charge is 0.478 e. The summed E-state index contributed by atoms with van der Waals surface area (Å²) in [5.41, 5.74) is 6.55. The molecule has 0 saturated carbocycles. The number of carbonyl (C=O) groups is 2. The molecule has 3 N–H and O–H groups in total. The van der Waals surface area contributed by atoms with Gasteiger partial charge in [-0.05, 0) is 24.1 Å². The highest BCUT2D eigenvalue weighted by Gasteiger charge is 2.15. The molecule has 0 aromatic heterocycles. The van der Waals surface area contributed by atoms with Gasteiger partial charge in [0.05, 0.1) is 18.6 Å². The van der Waals surface area contributed by atoms with E-state index in [4.69, 9.17) is 10.8 Å². The molecule has 0 heterocycles. The van der Waals surface area contributed by atoms with Crippen molar-refractivity contribution in [3.05, 3.63) is 29.3 Å². The standard InChI is InChI=1S/C12H15NO4/c1-7(12(16)17-2)5-8-3-4-10(13)9(6-8)11(14)15/h3-4,6-7H,5,13H2,1-2H3,(H,14,15). The SMILES string of the molecule is COC(=O)C(C)Cc1ccc(N)c(C(=O)O)c1. The molecule has 5 heteroatoms. The van der Waals surface area contributed by atoms with Crippen molar-refractivity contribution < 1.29 is 19.4 Å². The van der Waals surface area contributed by atoms with Crippen LogP contribution in [0.15, 0.2) is 18.2 Å². The molecule has 0 aliphatic rings. The second kappa shape index (κ2) is 5.34. The van der Waals surface area contributed by atoms with Gasteiger partial charge in [0.1, 0.15) is 0 Å². The molecule has 1 unspecified atom stereocenters. The maximum atomic E-state index is 11.2. The Hall–Kier alpha value is -2.04. The van der Waals surface area contributed by atoms with Gasteiger partial charge in [0, 0.05) is 5.69 Å². The highest BCUT2D eigenvalue weighted by molar-refractivity contribution is 5.93. The van der Waals surface area contributed by atoms with Gasteiger partial charge in [-0.25, -0.2) is 4.79 Å². The van der Waals surface area contributed by atoms with Crippen molar-refractivity contribution in [1.29, 1.82) is 0 Å². The summed E-state index contributed by atoms with van der Waals surface area (Å²) in [6.45, 7) is 1.72. The number of anilines is 1. The average Bonchev–Trinajstić information content (AvgIpc) is 2.30. The van der Waals surface area contributed by atoms with Gasteiger partial charge >= 0.3 is 11.9 Å². The Labute approximate surface area is 99.2 Å². The second-order valence-electron chi connectivity index (χ2n) is 3.86. The van der Waals surface area contributed by atoms with Crippen LogP contribution in [0.3, 0.4) is 0 Å². The molecule has 92 valence electrons. The van der Waals surface area contributed by atoms with E-state index in [0.717, 1.165) is 5.56 Å². The van der Waals surface area contributed by atoms with Crippen molar-refractivity contribution >= 4 is 17.6 Å². The number of nitrogen functional groups attached to an aromatic ring is 1. The summed E-state index contributed by atoms with van der Waals surface area (Å²) in [6, 6.07) is 4.72. The lowest BCUT2D eigenvalue weighted by atomic mass is 9.99. The fourth-order valence-electron chi connectivity index (χ4n) is 1.55. The Morgan fingerprint density at radius 3 is 2.65 bits per heavy atom. The van der Waals surface area contributed by atoms with Crippen molar-refractivity contribution in [1.82, 2.24) is 0 Å². The highest BCUT2D eigenvalue weighted by Crippen LogP contribution is 2.17. The minimum Gasteiger partial charge on any atom is -0.478 e. The summed E-state index contributed by atoms with van der Waals surface area (Å²) in [4.78, 5) is 22.1. The Morgan fingerprint density at radius 1 is 1.47 bits per heavy atom. The van der Waals surface area contributed by atoms with Crippen LogP contribution in [0.4, 0.5) is 5.69 Å². The topological polar surface area (TPSA) is 89.6 Å². The monoisotopic (exact) mass is 237 g/mol. The predicted molar refractivity (Wildman–Crippen MR) is 62.7 cm³/mol. The summed E-state index contributed by atoms with van der Waals surface area (Å²) in [6.07, 6.45) is 0.424. The molecule has 0 aliphatic heterocycles. The average molecular weight is 237 g/mol. The van der Waals surface area contributed by atoms with Gasteiger partial charge in [0.25, 0.3) is 0 Å². The zero-order valence-electron chi connectivity index (χ0n) is 9.77. The third-order valence-corrected chi connectivity index (χ3v) is 2.49. The normalized spacial score (nSPS) is 11.9. The number of aromatic carboxylic acids is 1. The number of benzene rings is 1. The van der Waals surface area contributed by atoms with Crippen LogP contribution in [0.25, 0.3) is 0 Å². The summed E-state index contributed by atoms with van der Waals surface area (Å²) >= 11 is 0. The van der Waals surface area contributed by atoms with Crippen LogP contribution in [0, 0.1) is 5.92 Å². The number of carbonyl (C=O) groups excluding carboxylic acids is 1. The first-order chi connectivity index (χ1) is 7.95. The minimum atomic E-state index is -1.07. The zero-order chi connectivity index (χ0) is 13.0. The summed E-state index contributed by atoms with van der Waals surface area (Å²) in [5, 5.41) is 8.91. The van der Waals surface area contributed by atoms with Crippen molar-refractivity contribution in [2.75, 3.05) is 12.8 Å². The predicted octanol–water partition coefficient (Wildman–Crippen LogP) is 1.32. The van der Waals surface area contributed by atoms with Crippen molar-refractivity contribution in [3.63, 3.8) is 0 Å². The van der Waals surface area contributed by atoms with E-state index in [2.05, 4.69) is 4.74 Å². The first-order valence-electron chi connectivity index (χ1n) is 5.15. The van der Waals surface area contributed by atoms with Crippen LogP contribution in [0.2, 0.25) is 0 Å².